The zero-order valence-electron chi connectivity index (χ0n) is 10.7. The number of halogens is 2. The molecule has 20 heavy (non-hydrogen) atoms. The van der Waals surface area contributed by atoms with E-state index in [0.29, 0.717) is 5.69 Å². The van der Waals surface area contributed by atoms with Crippen molar-refractivity contribution in [1.29, 1.82) is 0 Å². The van der Waals surface area contributed by atoms with Gasteiger partial charge in [-0.2, -0.15) is 0 Å². The Morgan fingerprint density at radius 2 is 1.75 bits per heavy atom. The van der Waals surface area contributed by atoms with Crippen LogP contribution >= 0.6 is 0 Å². The first-order valence-electron chi connectivity index (χ1n) is 5.95. The maximum atomic E-state index is 13.3. The van der Waals surface area contributed by atoms with Crippen LogP contribution in [0.25, 0.3) is 0 Å². The molecule has 2 rings (SSSR count). The van der Waals surface area contributed by atoms with Crippen molar-refractivity contribution < 1.29 is 18.7 Å². The first-order chi connectivity index (χ1) is 9.43. The number of carboxylic acid groups (broad SMARTS) is 1. The Bertz CT molecular complexity index is 631. The summed E-state index contributed by atoms with van der Waals surface area (Å²) in [5.41, 5.74) is -0.856. The molecule has 5 heteroatoms. The normalized spacial score (nSPS) is 13.6. The summed E-state index contributed by atoms with van der Waals surface area (Å²) < 4.78 is 26.3. The van der Waals surface area contributed by atoms with Crippen molar-refractivity contribution in [3.63, 3.8) is 0 Å². The van der Waals surface area contributed by atoms with E-state index in [1.807, 2.05) is 0 Å². The summed E-state index contributed by atoms with van der Waals surface area (Å²) >= 11 is 0. The van der Waals surface area contributed by atoms with Gasteiger partial charge in [-0.05, 0) is 36.8 Å². The third kappa shape index (κ3) is 2.61. The fourth-order valence-electron chi connectivity index (χ4n) is 1.87. The molecule has 0 aliphatic rings. The SMILES string of the molecule is CC(Nc1ccccc1)(C(=O)O)c1ccc(F)c(F)c1. The molecule has 0 aliphatic heterocycles. The fourth-order valence-corrected chi connectivity index (χ4v) is 1.87. The maximum Gasteiger partial charge on any atom is 0.333 e. The number of benzene rings is 2. The highest BCUT2D eigenvalue weighted by molar-refractivity contribution is 5.84. The number of nitrogens with one attached hydrogen (secondary N) is 1. The number of rotatable bonds is 4. The Morgan fingerprint density at radius 1 is 1.10 bits per heavy atom. The monoisotopic (exact) mass is 277 g/mol. The molecule has 3 nitrogen and oxygen atoms in total. The van der Waals surface area contributed by atoms with Gasteiger partial charge in [0, 0.05) is 5.69 Å². The second kappa shape index (κ2) is 5.28. The fraction of sp³-hybridized carbons (Fsp3) is 0.133. The molecule has 0 heterocycles. The molecule has 1 atom stereocenters. The van der Waals surface area contributed by atoms with Crippen LogP contribution in [0.3, 0.4) is 0 Å². The van der Waals surface area contributed by atoms with E-state index in [9.17, 15) is 18.7 Å². The van der Waals surface area contributed by atoms with Gasteiger partial charge in [-0.25, -0.2) is 13.6 Å². The number of anilines is 1. The van der Waals surface area contributed by atoms with Crippen molar-refractivity contribution in [3.8, 4) is 0 Å². The van der Waals surface area contributed by atoms with Gasteiger partial charge in [0.2, 0.25) is 0 Å². The van der Waals surface area contributed by atoms with Gasteiger partial charge in [-0.1, -0.05) is 24.3 Å². The van der Waals surface area contributed by atoms with Crippen LogP contribution in [0, 0.1) is 11.6 Å². The topological polar surface area (TPSA) is 49.3 Å². The Hall–Kier alpha value is -2.43. The third-order valence-electron chi connectivity index (χ3n) is 3.09. The second-order valence-electron chi connectivity index (χ2n) is 4.55. The number of hydrogen-bond acceptors (Lipinski definition) is 2. The van der Waals surface area contributed by atoms with Crippen LogP contribution in [0.2, 0.25) is 0 Å². The van der Waals surface area contributed by atoms with E-state index < -0.39 is 23.1 Å². The summed E-state index contributed by atoms with van der Waals surface area (Å²) in [6.07, 6.45) is 0. The molecule has 104 valence electrons. The Morgan fingerprint density at radius 3 is 2.30 bits per heavy atom. The zero-order valence-corrected chi connectivity index (χ0v) is 10.7. The summed E-state index contributed by atoms with van der Waals surface area (Å²) in [6, 6.07) is 11.7. The van der Waals surface area contributed by atoms with E-state index >= 15 is 0 Å². The molecule has 2 aromatic rings. The predicted molar refractivity (Wildman–Crippen MR) is 71.4 cm³/mol. The highest BCUT2D eigenvalue weighted by Gasteiger charge is 2.35. The van der Waals surface area contributed by atoms with E-state index in [1.54, 1.807) is 30.3 Å². The molecular weight excluding hydrogens is 264 g/mol. The minimum absolute atomic E-state index is 0.132. The van der Waals surface area contributed by atoms with E-state index in [1.165, 1.54) is 13.0 Å². The molecule has 0 bridgehead atoms. The van der Waals surface area contributed by atoms with Crippen molar-refractivity contribution >= 4 is 11.7 Å². The lowest BCUT2D eigenvalue weighted by molar-refractivity contribution is -0.142. The van der Waals surface area contributed by atoms with Gasteiger partial charge in [0.05, 0.1) is 0 Å². The first-order valence-corrected chi connectivity index (χ1v) is 5.95. The average molecular weight is 277 g/mol. The van der Waals surface area contributed by atoms with Gasteiger partial charge in [0.25, 0.3) is 0 Å². The quantitative estimate of drug-likeness (QED) is 0.900. The minimum atomic E-state index is -1.56. The number of hydrogen-bond donors (Lipinski definition) is 2. The standard InChI is InChI=1S/C15H13F2NO2/c1-15(14(19)20,18-11-5-3-2-4-6-11)10-7-8-12(16)13(17)9-10/h2-9,18H,1H3,(H,19,20). The summed E-state index contributed by atoms with van der Waals surface area (Å²) in [5.74, 6) is -3.28. The predicted octanol–water partition coefficient (Wildman–Crippen LogP) is 3.38. The minimum Gasteiger partial charge on any atom is -0.479 e. The van der Waals surface area contributed by atoms with Gasteiger partial charge in [-0.3, -0.25) is 0 Å². The first kappa shape index (κ1) is 14.0. The molecule has 0 aromatic heterocycles. The smallest absolute Gasteiger partial charge is 0.333 e. The van der Waals surface area contributed by atoms with Crippen LogP contribution in [0.1, 0.15) is 12.5 Å². The van der Waals surface area contributed by atoms with E-state index in [4.69, 9.17) is 0 Å². The third-order valence-corrected chi connectivity index (χ3v) is 3.09. The van der Waals surface area contributed by atoms with Gasteiger partial charge in [0.15, 0.2) is 17.2 Å². The van der Waals surface area contributed by atoms with Crippen LogP contribution in [-0.2, 0) is 10.3 Å². The molecule has 0 saturated carbocycles. The Kier molecular flexibility index (Phi) is 3.70. The van der Waals surface area contributed by atoms with Gasteiger partial charge in [-0.15, -0.1) is 0 Å². The van der Waals surface area contributed by atoms with Gasteiger partial charge < -0.3 is 10.4 Å². The van der Waals surface area contributed by atoms with Crippen molar-refractivity contribution in [2.24, 2.45) is 0 Å². The van der Waals surface area contributed by atoms with Crippen LogP contribution < -0.4 is 5.32 Å². The van der Waals surface area contributed by atoms with Crippen molar-refractivity contribution in [1.82, 2.24) is 0 Å². The maximum absolute atomic E-state index is 13.3. The van der Waals surface area contributed by atoms with Crippen molar-refractivity contribution in [3.05, 3.63) is 65.7 Å². The molecule has 0 saturated heterocycles. The largest absolute Gasteiger partial charge is 0.479 e. The van der Waals surface area contributed by atoms with E-state index in [-0.39, 0.29) is 5.56 Å². The van der Waals surface area contributed by atoms with Crippen LogP contribution in [0.15, 0.2) is 48.5 Å². The summed E-state index contributed by atoms with van der Waals surface area (Å²) in [6.45, 7) is 1.40. The summed E-state index contributed by atoms with van der Waals surface area (Å²) in [4.78, 5) is 11.5. The number of para-hydroxylation sites is 1. The molecule has 0 spiro atoms. The molecule has 2 aromatic carbocycles. The lowest BCUT2D eigenvalue weighted by Crippen LogP contribution is -2.40. The molecule has 0 radical (unpaired) electrons. The zero-order chi connectivity index (χ0) is 14.8. The Balaban J connectivity index is 2.43. The van der Waals surface area contributed by atoms with Gasteiger partial charge >= 0.3 is 5.97 Å². The summed E-state index contributed by atoms with van der Waals surface area (Å²) in [5, 5.41) is 12.3. The molecule has 0 aliphatic carbocycles. The molecule has 0 fully saturated rings. The van der Waals surface area contributed by atoms with Gasteiger partial charge in [0.1, 0.15) is 0 Å². The molecule has 0 amide bonds. The molecule has 1 unspecified atom stereocenters. The van der Waals surface area contributed by atoms with E-state index in [0.717, 1.165) is 12.1 Å². The van der Waals surface area contributed by atoms with Crippen LogP contribution in [-0.4, -0.2) is 11.1 Å². The lowest BCUT2D eigenvalue weighted by atomic mass is 9.91. The second-order valence-corrected chi connectivity index (χ2v) is 4.55. The average Bonchev–Trinajstić information content (AvgIpc) is 2.42. The number of carbonyl (C=O) groups is 1. The highest BCUT2D eigenvalue weighted by Crippen LogP contribution is 2.27. The van der Waals surface area contributed by atoms with Crippen molar-refractivity contribution in [2.75, 3.05) is 5.32 Å². The van der Waals surface area contributed by atoms with E-state index in [2.05, 4.69) is 5.32 Å². The Labute approximate surface area is 114 Å². The molecule has 2 N–H and O–H groups in total. The van der Waals surface area contributed by atoms with Crippen molar-refractivity contribution in [2.45, 2.75) is 12.5 Å². The molecular formula is C15H13F2NO2. The summed E-state index contributed by atoms with van der Waals surface area (Å²) in [7, 11) is 0. The van der Waals surface area contributed by atoms with Crippen LogP contribution in [0.4, 0.5) is 14.5 Å². The van der Waals surface area contributed by atoms with Crippen LogP contribution in [0.5, 0.6) is 0 Å². The lowest BCUT2D eigenvalue weighted by Gasteiger charge is -2.28. The number of carboxylic acids is 1. The highest BCUT2D eigenvalue weighted by atomic mass is 19.2. The number of aliphatic carboxylic acids is 1.